The zero-order chi connectivity index (χ0) is 25.3. The Morgan fingerprint density at radius 3 is 2.66 bits per heavy atom. The molecule has 35 heavy (non-hydrogen) atoms. The minimum absolute atomic E-state index is 0.00588. The van der Waals surface area contributed by atoms with Gasteiger partial charge in [-0.1, -0.05) is 23.7 Å². The van der Waals surface area contributed by atoms with Crippen LogP contribution in [0.15, 0.2) is 54.7 Å². The second kappa shape index (κ2) is 9.43. The van der Waals surface area contributed by atoms with Gasteiger partial charge in [0.05, 0.1) is 24.2 Å². The van der Waals surface area contributed by atoms with Gasteiger partial charge in [0.2, 0.25) is 5.95 Å². The maximum Gasteiger partial charge on any atom is 0.294 e. The van der Waals surface area contributed by atoms with E-state index in [4.69, 9.17) is 22.1 Å². The van der Waals surface area contributed by atoms with Crippen molar-refractivity contribution in [2.24, 2.45) is 0 Å². The number of fused-ring (bicyclic) bond motifs is 1. The van der Waals surface area contributed by atoms with Gasteiger partial charge in [0, 0.05) is 11.8 Å². The van der Waals surface area contributed by atoms with Gasteiger partial charge >= 0.3 is 0 Å². The molecule has 0 saturated carbocycles. The van der Waals surface area contributed by atoms with E-state index in [9.17, 15) is 18.7 Å². The quantitative estimate of drug-likeness (QED) is 0.351. The first-order chi connectivity index (χ1) is 16.6. The minimum atomic E-state index is -3.76. The van der Waals surface area contributed by atoms with Crippen LogP contribution >= 0.6 is 11.6 Å². The molecule has 0 bridgehead atoms. The number of aliphatic hydroxyl groups is 1. The molecular formula is C23H19ClF3N5O3. The molecule has 2 aromatic carbocycles. The number of hydrogen-bond donors (Lipinski definition) is 3. The Kier molecular flexibility index (Phi) is 6.55. The van der Waals surface area contributed by atoms with Crippen LogP contribution < -0.4 is 15.8 Å². The molecule has 4 aromatic rings. The number of hydrogen-bond acceptors (Lipinski definition) is 6. The molecule has 0 aliphatic carbocycles. The Hall–Kier alpha value is -3.83. The molecule has 4 rings (SSSR count). The molecule has 0 aliphatic rings. The third kappa shape index (κ3) is 4.86. The minimum Gasteiger partial charge on any atom is -0.497 e. The Labute approximate surface area is 202 Å². The number of pyridine rings is 1. The largest absolute Gasteiger partial charge is 0.497 e. The molecule has 0 radical (unpaired) electrons. The lowest BCUT2D eigenvalue weighted by Gasteiger charge is -2.23. The fraction of sp³-hybridized carbons (Fsp3) is 0.174. The van der Waals surface area contributed by atoms with Crippen LogP contribution in [-0.2, 0) is 0 Å². The first-order valence-electron chi connectivity index (χ1n) is 10.2. The number of nitrogens with one attached hydrogen (secondary N) is 1. The van der Waals surface area contributed by atoms with Gasteiger partial charge in [0.25, 0.3) is 11.8 Å². The highest BCUT2D eigenvalue weighted by atomic mass is 35.5. The summed E-state index contributed by atoms with van der Waals surface area (Å²) in [4.78, 5) is 16.7. The highest BCUT2D eigenvalue weighted by molar-refractivity contribution is 6.34. The van der Waals surface area contributed by atoms with Crippen molar-refractivity contribution in [3.05, 3.63) is 76.7 Å². The smallest absolute Gasteiger partial charge is 0.294 e. The van der Waals surface area contributed by atoms with Gasteiger partial charge in [-0.25, -0.2) is 17.7 Å². The first-order valence-corrected chi connectivity index (χ1v) is 10.6. The molecule has 1 unspecified atom stereocenters. The molecule has 0 saturated heterocycles. The van der Waals surface area contributed by atoms with E-state index in [-0.39, 0.29) is 22.1 Å². The molecule has 2 heterocycles. The first kappa shape index (κ1) is 24.3. The number of carbonyl (C=O) groups excluding carboxylic acids is 1. The fourth-order valence-electron chi connectivity index (χ4n) is 3.46. The van der Waals surface area contributed by atoms with Crippen molar-refractivity contribution in [3.8, 4) is 16.9 Å². The number of carbonyl (C=O) groups is 1. The monoisotopic (exact) mass is 505 g/mol. The zero-order valence-corrected chi connectivity index (χ0v) is 18.9. The van der Waals surface area contributed by atoms with Crippen molar-refractivity contribution in [3.63, 3.8) is 0 Å². The average Bonchev–Trinajstić information content (AvgIpc) is 3.21. The van der Waals surface area contributed by atoms with Gasteiger partial charge in [0.15, 0.2) is 5.65 Å². The van der Waals surface area contributed by atoms with Crippen molar-refractivity contribution in [1.82, 2.24) is 19.9 Å². The maximum atomic E-state index is 15.3. The van der Waals surface area contributed by atoms with Gasteiger partial charge in [-0.15, -0.1) is 5.10 Å². The van der Waals surface area contributed by atoms with Crippen molar-refractivity contribution in [2.45, 2.75) is 12.0 Å². The Bertz CT molecular complexity index is 1400. The number of ether oxygens (including phenoxy) is 1. The number of amides is 1. The van der Waals surface area contributed by atoms with E-state index >= 15 is 4.39 Å². The lowest BCUT2D eigenvalue weighted by atomic mass is 10.0. The summed E-state index contributed by atoms with van der Waals surface area (Å²) in [6.45, 7) is -1.26. The number of alkyl halides is 2. The molecule has 1 atom stereocenters. The van der Waals surface area contributed by atoms with Crippen LogP contribution in [0, 0.1) is 5.82 Å². The van der Waals surface area contributed by atoms with Crippen LogP contribution in [0.4, 0.5) is 19.1 Å². The van der Waals surface area contributed by atoms with E-state index in [1.54, 1.807) is 0 Å². The second-order valence-electron chi connectivity index (χ2n) is 7.59. The van der Waals surface area contributed by atoms with Crippen LogP contribution in [0.25, 0.3) is 16.8 Å². The van der Waals surface area contributed by atoms with E-state index in [0.29, 0.717) is 17.0 Å². The van der Waals surface area contributed by atoms with Crippen LogP contribution in [0.1, 0.15) is 22.0 Å². The highest BCUT2D eigenvalue weighted by Gasteiger charge is 2.40. The standard InChI is InChI=1S/C23H19ClF3N5O3/c1-35-14-4-2-12(3-5-14)20(33)23(26,27)11-29-21(34)18-16(24)7-6-15(19(18)25)13-8-9-32-17(10-13)30-22(28)31-32/h2-10,20,33H,11H2,1H3,(H2,28,31)(H,29,34). The van der Waals surface area contributed by atoms with Crippen LogP contribution in [-0.4, -0.2) is 45.2 Å². The fourth-order valence-corrected chi connectivity index (χ4v) is 3.69. The third-order valence-electron chi connectivity index (χ3n) is 5.30. The van der Waals surface area contributed by atoms with Gasteiger partial charge in [-0.2, -0.15) is 4.98 Å². The van der Waals surface area contributed by atoms with E-state index < -0.39 is 35.9 Å². The van der Waals surface area contributed by atoms with Crippen molar-refractivity contribution in [2.75, 3.05) is 19.4 Å². The van der Waals surface area contributed by atoms with Gasteiger partial charge in [-0.3, -0.25) is 4.79 Å². The summed E-state index contributed by atoms with van der Waals surface area (Å²) < 4.78 is 50.9. The Balaban J connectivity index is 1.55. The van der Waals surface area contributed by atoms with E-state index in [1.165, 1.54) is 66.4 Å². The van der Waals surface area contributed by atoms with E-state index in [2.05, 4.69) is 10.1 Å². The average molecular weight is 506 g/mol. The molecule has 0 spiro atoms. The number of halogens is 4. The molecule has 4 N–H and O–H groups in total. The molecule has 2 aromatic heterocycles. The number of benzene rings is 2. The molecular weight excluding hydrogens is 487 g/mol. The van der Waals surface area contributed by atoms with Crippen LogP contribution in [0.3, 0.4) is 0 Å². The lowest BCUT2D eigenvalue weighted by Crippen LogP contribution is -2.41. The van der Waals surface area contributed by atoms with Gasteiger partial charge in [-0.05, 0) is 47.5 Å². The van der Waals surface area contributed by atoms with Crippen molar-refractivity contribution >= 4 is 29.1 Å². The lowest BCUT2D eigenvalue weighted by molar-refractivity contribution is -0.106. The SMILES string of the molecule is COc1ccc(C(O)C(F)(F)CNC(=O)c2c(Cl)ccc(-c3ccn4nc(N)nc4c3)c2F)cc1. The predicted molar refractivity (Wildman–Crippen MR) is 123 cm³/mol. The number of aliphatic hydroxyl groups excluding tert-OH is 1. The molecule has 182 valence electrons. The van der Waals surface area contributed by atoms with E-state index in [0.717, 1.165) is 0 Å². The summed E-state index contributed by atoms with van der Waals surface area (Å²) in [5.74, 6) is -5.48. The summed E-state index contributed by atoms with van der Waals surface area (Å²) in [6.07, 6.45) is -0.717. The van der Waals surface area contributed by atoms with E-state index in [1.807, 2.05) is 5.32 Å². The topological polar surface area (TPSA) is 115 Å². The van der Waals surface area contributed by atoms with Crippen LogP contribution in [0.2, 0.25) is 5.02 Å². The molecule has 8 nitrogen and oxygen atoms in total. The van der Waals surface area contributed by atoms with Crippen molar-refractivity contribution < 1.29 is 27.8 Å². The second-order valence-corrected chi connectivity index (χ2v) is 8.00. The number of aromatic nitrogens is 3. The van der Waals surface area contributed by atoms with Gasteiger partial charge < -0.3 is 20.9 Å². The van der Waals surface area contributed by atoms with Crippen LogP contribution in [0.5, 0.6) is 5.75 Å². The number of rotatable bonds is 7. The molecule has 12 heteroatoms. The summed E-state index contributed by atoms with van der Waals surface area (Å²) in [5, 5.41) is 15.7. The Morgan fingerprint density at radius 2 is 1.97 bits per heavy atom. The third-order valence-corrected chi connectivity index (χ3v) is 5.61. The highest BCUT2D eigenvalue weighted by Crippen LogP contribution is 2.33. The maximum absolute atomic E-state index is 15.3. The Morgan fingerprint density at radius 1 is 1.26 bits per heavy atom. The van der Waals surface area contributed by atoms with Crippen molar-refractivity contribution in [1.29, 1.82) is 0 Å². The molecule has 0 aliphatic heterocycles. The number of methoxy groups -OCH3 is 1. The molecule has 0 fully saturated rings. The van der Waals surface area contributed by atoms with Gasteiger partial charge in [0.1, 0.15) is 17.7 Å². The number of nitrogen functional groups attached to an aromatic ring is 1. The summed E-state index contributed by atoms with van der Waals surface area (Å²) in [7, 11) is 1.41. The summed E-state index contributed by atoms with van der Waals surface area (Å²) in [5.41, 5.74) is 5.54. The number of anilines is 1. The number of nitrogens with zero attached hydrogens (tertiary/aromatic N) is 3. The zero-order valence-electron chi connectivity index (χ0n) is 18.2. The predicted octanol–water partition coefficient (Wildman–Crippen LogP) is 3.88. The normalized spacial score (nSPS) is 12.5. The summed E-state index contributed by atoms with van der Waals surface area (Å²) in [6, 6.07) is 11.0. The molecule has 1 amide bonds. The number of nitrogens with two attached hydrogens (primary N) is 1. The summed E-state index contributed by atoms with van der Waals surface area (Å²) >= 11 is 6.03.